The van der Waals surface area contributed by atoms with E-state index in [1.807, 2.05) is 6.08 Å². The Morgan fingerprint density at radius 3 is 1.03 bits per heavy atom. The van der Waals surface area contributed by atoms with E-state index in [9.17, 15) is 61.0 Å². The Kier molecular flexibility index (Phi) is 60.0. The number of hydrogen-bond donors (Lipinski definition) is 12. The summed E-state index contributed by atoms with van der Waals surface area (Å²) in [6, 6.07) is -0.995. The summed E-state index contributed by atoms with van der Waals surface area (Å²) in [4.78, 5) is 13.5. The average Bonchev–Trinajstić information content (AvgIpc) is 0.781. The van der Waals surface area contributed by atoms with Gasteiger partial charge >= 0.3 is 0 Å². The second-order valence-electron chi connectivity index (χ2n) is 30.3. The predicted molar refractivity (Wildman–Crippen MR) is 415 cm³/mol. The van der Waals surface area contributed by atoms with Crippen molar-refractivity contribution in [3.8, 4) is 0 Å². The molecule has 3 aliphatic heterocycles. The first-order chi connectivity index (χ1) is 50.8. The highest BCUT2D eigenvalue weighted by atomic mass is 16.8. The van der Waals surface area contributed by atoms with E-state index in [1.165, 1.54) is 257 Å². The van der Waals surface area contributed by atoms with Gasteiger partial charge in [0.2, 0.25) is 5.91 Å². The molecule has 17 atom stereocenters. The summed E-state index contributed by atoms with van der Waals surface area (Å²) in [6.07, 6.45) is 57.9. The minimum atomic E-state index is -1.98. The zero-order valence-electron chi connectivity index (χ0n) is 65.3. The number of ether oxygens (including phenoxy) is 6. The molecule has 3 heterocycles. The number of unbranched alkanes of at least 4 members (excludes halogenated alkanes) is 44. The Labute approximate surface area is 630 Å². The molecule has 1 amide bonds. The standard InChI is InChI=1S/C85H155NO18/c1-3-5-7-9-11-13-15-17-19-21-23-25-27-29-31-33-35-36-38-40-42-44-46-48-50-52-54-56-58-60-62-69(90)68(86-73(91)63-61-59-57-55-53-51-49-47-45-43-41-39-37-34-32-30-28-26-24-22-20-18-16-14-12-10-8-6-4-2)67-99-83-79(97)76(94)81(71(65-88)101-83)104-85-80(98)77(95)82(72(66-89)102-85)103-84-78(96)75(93)74(92)70(64-87)100-84/h16,18,22,24,28,30,52,54,60,62,68-72,74-85,87-90,92-98H,3-15,17,19-21,23,25-27,29,31-51,53,55-59,61,63-67H2,1-2H3,(H,86,91)/b18-16-,24-22-,30-28-,54-52+,62-60+. The molecule has 17 unspecified atom stereocenters. The van der Waals surface area contributed by atoms with Crippen LogP contribution in [0, 0.1) is 0 Å². The molecule has 0 aliphatic carbocycles. The molecule has 3 saturated heterocycles. The van der Waals surface area contributed by atoms with Gasteiger partial charge in [0.05, 0.1) is 38.6 Å². The van der Waals surface area contributed by atoms with Crippen molar-refractivity contribution in [2.24, 2.45) is 0 Å². The van der Waals surface area contributed by atoms with Crippen molar-refractivity contribution in [2.45, 2.75) is 446 Å². The zero-order chi connectivity index (χ0) is 75.3. The number of aliphatic hydroxyl groups excluding tert-OH is 11. The summed E-state index contributed by atoms with van der Waals surface area (Å²) in [5.74, 6) is -0.283. The van der Waals surface area contributed by atoms with Crippen molar-refractivity contribution in [2.75, 3.05) is 26.4 Å². The lowest BCUT2D eigenvalue weighted by Crippen LogP contribution is -2.66. The van der Waals surface area contributed by atoms with Gasteiger partial charge in [-0.15, -0.1) is 0 Å². The van der Waals surface area contributed by atoms with Gasteiger partial charge in [-0.2, -0.15) is 0 Å². The molecule has 0 spiro atoms. The van der Waals surface area contributed by atoms with Crippen LogP contribution in [0.2, 0.25) is 0 Å². The normalized spacial score (nSPS) is 26.2. The molecule has 3 rings (SSSR count). The van der Waals surface area contributed by atoms with Gasteiger partial charge in [-0.3, -0.25) is 4.79 Å². The van der Waals surface area contributed by atoms with Gasteiger partial charge in [0.1, 0.15) is 73.2 Å². The second-order valence-corrected chi connectivity index (χ2v) is 30.3. The maximum Gasteiger partial charge on any atom is 0.220 e. The number of nitrogens with one attached hydrogen (secondary N) is 1. The van der Waals surface area contributed by atoms with Gasteiger partial charge in [0, 0.05) is 6.42 Å². The van der Waals surface area contributed by atoms with Crippen LogP contribution in [-0.4, -0.2) is 193 Å². The predicted octanol–water partition coefficient (Wildman–Crippen LogP) is 15.0. The number of aliphatic hydroxyl groups is 11. The lowest BCUT2D eigenvalue weighted by atomic mass is 9.96. The summed E-state index contributed by atoms with van der Waals surface area (Å²) in [7, 11) is 0. The van der Waals surface area contributed by atoms with E-state index in [2.05, 4.69) is 67.8 Å². The van der Waals surface area contributed by atoms with E-state index in [-0.39, 0.29) is 18.9 Å². The van der Waals surface area contributed by atoms with Crippen LogP contribution in [0.3, 0.4) is 0 Å². The van der Waals surface area contributed by atoms with Gasteiger partial charge in [-0.1, -0.05) is 325 Å². The zero-order valence-corrected chi connectivity index (χ0v) is 65.3. The van der Waals surface area contributed by atoms with Crippen molar-refractivity contribution < 1.29 is 89.4 Å². The molecule has 0 aromatic carbocycles. The number of allylic oxidation sites excluding steroid dienone is 9. The maximum atomic E-state index is 13.5. The topological polar surface area (TPSA) is 307 Å². The van der Waals surface area contributed by atoms with Crippen molar-refractivity contribution in [1.29, 1.82) is 0 Å². The van der Waals surface area contributed by atoms with Crippen LogP contribution in [0.4, 0.5) is 0 Å². The summed E-state index contributed by atoms with van der Waals surface area (Å²) in [5.41, 5.74) is 0. The molecule has 19 nitrogen and oxygen atoms in total. The number of rotatable bonds is 68. The molecule has 0 aromatic rings. The Morgan fingerprint density at radius 2 is 0.644 bits per heavy atom. The monoisotopic (exact) mass is 1480 g/mol. The van der Waals surface area contributed by atoms with Crippen LogP contribution >= 0.6 is 0 Å². The highest BCUT2D eigenvalue weighted by molar-refractivity contribution is 5.76. The van der Waals surface area contributed by atoms with E-state index < -0.39 is 124 Å². The summed E-state index contributed by atoms with van der Waals surface area (Å²) < 4.78 is 34.5. The van der Waals surface area contributed by atoms with Crippen LogP contribution in [0.25, 0.3) is 0 Å². The average molecular weight is 1480 g/mol. The number of hydrogen-bond acceptors (Lipinski definition) is 18. The SMILES string of the molecule is CCCCCCC/C=C\C/C=C\C/C=C\CCCCCCCCCCCCCCCCC(=O)NC(COC1OC(CO)C(OC2OC(CO)C(OC3OC(CO)C(O)C(O)C3O)C(O)C2O)C(O)C1O)C(O)/C=C/CC/C=C/CCCCCCCCCCCCCCCCCCCCCCCCCC. The fraction of sp³-hybridized carbons (Fsp3) is 0.871. The lowest BCUT2D eigenvalue weighted by molar-refractivity contribution is -0.379. The lowest BCUT2D eigenvalue weighted by Gasteiger charge is -2.48. The van der Waals surface area contributed by atoms with Crippen LogP contribution in [0.15, 0.2) is 60.8 Å². The smallest absolute Gasteiger partial charge is 0.220 e. The molecule has 104 heavy (non-hydrogen) atoms. The maximum absolute atomic E-state index is 13.5. The van der Waals surface area contributed by atoms with E-state index >= 15 is 0 Å². The van der Waals surface area contributed by atoms with Crippen molar-refractivity contribution in [3.05, 3.63) is 60.8 Å². The van der Waals surface area contributed by atoms with Crippen LogP contribution in [0.5, 0.6) is 0 Å². The van der Waals surface area contributed by atoms with Crippen molar-refractivity contribution >= 4 is 5.91 Å². The number of carbonyl (C=O) groups is 1. The Morgan fingerprint density at radius 1 is 0.346 bits per heavy atom. The van der Waals surface area contributed by atoms with E-state index in [0.29, 0.717) is 12.8 Å². The molecule has 0 saturated carbocycles. The molecule has 0 radical (unpaired) electrons. The molecule has 608 valence electrons. The highest BCUT2D eigenvalue weighted by Gasteiger charge is 2.54. The summed E-state index contributed by atoms with van der Waals surface area (Å²) in [6.45, 7) is 1.75. The van der Waals surface area contributed by atoms with Crippen molar-refractivity contribution in [1.82, 2.24) is 5.32 Å². The first-order valence-corrected chi connectivity index (χ1v) is 42.5. The van der Waals surface area contributed by atoms with Gasteiger partial charge in [-0.25, -0.2) is 0 Å². The highest BCUT2D eigenvalue weighted by Crippen LogP contribution is 2.33. The molecular weight excluding hydrogens is 1320 g/mol. The quantitative estimate of drug-likeness (QED) is 0.0199. The van der Waals surface area contributed by atoms with Gasteiger partial charge < -0.3 is 89.9 Å². The third-order valence-electron chi connectivity index (χ3n) is 21.0. The van der Waals surface area contributed by atoms with Gasteiger partial charge in [0.25, 0.3) is 0 Å². The minimum absolute atomic E-state index is 0.234. The summed E-state index contributed by atoms with van der Waals surface area (Å²) >= 11 is 0. The first-order valence-electron chi connectivity index (χ1n) is 42.5. The third kappa shape index (κ3) is 44.4. The van der Waals surface area contributed by atoms with E-state index in [4.69, 9.17) is 28.4 Å². The van der Waals surface area contributed by atoms with Crippen LogP contribution < -0.4 is 5.32 Å². The second kappa shape index (κ2) is 65.2. The Balaban J connectivity index is 1.37. The van der Waals surface area contributed by atoms with Gasteiger partial charge in [-0.05, 0) is 70.6 Å². The number of carbonyl (C=O) groups excluding carboxylic acids is 1. The largest absolute Gasteiger partial charge is 0.394 e. The summed E-state index contributed by atoms with van der Waals surface area (Å²) in [5, 5.41) is 121. The first kappa shape index (κ1) is 95.7. The number of amides is 1. The Bertz CT molecular complexity index is 2110. The van der Waals surface area contributed by atoms with Gasteiger partial charge in [0.15, 0.2) is 18.9 Å². The molecule has 19 heteroatoms. The molecule has 3 fully saturated rings. The Hall–Kier alpha value is -2.51. The fourth-order valence-corrected chi connectivity index (χ4v) is 14.2. The molecule has 0 aromatic heterocycles. The molecule has 0 bridgehead atoms. The fourth-order valence-electron chi connectivity index (χ4n) is 14.2. The van der Waals surface area contributed by atoms with Crippen LogP contribution in [0.1, 0.15) is 341 Å². The van der Waals surface area contributed by atoms with Crippen LogP contribution in [-0.2, 0) is 33.2 Å². The molecule has 3 aliphatic rings. The van der Waals surface area contributed by atoms with E-state index in [1.54, 1.807) is 6.08 Å². The molecular formula is C85H155NO18. The molecule has 12 N–H and O–H groups in total. The van der Waals surface area contributed by atoms with E-state index in [0.717, 1.165) is 51.4 Å². The minimum Gasteiger partial charge on any atom is -0.394 e. The third-order valence-corrected chi connectivity index (χ3v) is 21.0. The van der Waals surface area contributed by atoms with Crippen molar-refractivity contribution in [3.63, 3.8) is 0 Å².